The van der Waals surface area contributed by atoms with E-state index in [1.165, 1.54) is 7.11 Å². The van der Waals surface area contributed by atoms with Crippen LogP contribution in [0.25, 0.3) is 0 Å². The first-order valence-electron chi connectivity index (χ1n) is 6.09. The Balaban J connectivity index is 2.27. The van der Waals surface area contributed by atoms with E-state index >= 15 is 0 Å². The smallest absolute Gasteiger partial charge is 0.307 e. The van der Waals surface area contributed by atoms with E-state index in [9.17, 15) is 4.79 Å². The number of piperidine rings is 1. The van der Waals surface area contributed by atoms with Crippen LogP contribution in [0.3, 0.4) is 0 Å². The average Bonchev–Trinajstić information content (AvgIpc) is 2.30. The lowest BCUT2D eigenvalue weighted by atomic mass is 10.0. The third-order valence-electron chi connectivity index (χ3n) is 3.19. The van der Waals surface area contributed by atoms with Gasteiger partial charge in [0.1, 0.15) is 0 Å². The highest BCUT2D eigenvalue weighted by atomic mass is 16.5. The van der Waals surface area contributed by atoms with E-state index in [2.05, 4.69) is 16.6 Å². The molecule has 0 aromatic heterocycles. The number of esters is 1. The van der Waals surface area contributed by atoms with Crippen LogP contribution in [0.5, 0.6) is 0 Å². The number of nitrogens with zero attached hydrogens (tertiary/aromatic N) is 1. The van der Waals surface area contributed by atoms with Crippen LogP contribution in [0, 0.1) is 0 Å². The van der Waals surface area contributed by atoms with Gasteiger partial charge < -0.3 is 9.47 Å². The van der Waals surface area contributed by atoms with E-state index in [4.69, 9.17) is 4.74 Å². The Morgan fingerprint density at radius 1 is 1.44 bits per heavy atom. The lowest BCUT2D eigenvalue weighted by Crippen LogP contribution is -2.43. The number of carbonyl (C=O) groups excluding carboxylic acids is 1. The molecule has 1 fully saturated rings. The van der Waals surface area contributed by atoms with Gasteiger partial charge in [-0.15, -0.1) is 0 Å². The molecule has 0 N–H and O–H groups in total. The minimum Gasteiger partial charge on any atom is -0.469 e. The summed E-state index contributed by atoms with van der Waals surface area (Å²) in [6.45, 7) is 6.94. The standard InChI is InChI=1S/C12H23NO3/c1-4-16-11-5-7-13(8-6-11)10(2)9-12(14)15-3/h10-11H,4-9H2,1-3H3. The van der Waals surface area contributed by atoms with Crippen molar-refractivity contribution in [3.8, 4) is 0 Å². The van der Waals surface area contributed by atoms with Crippen molar-refractivity contribution in [2.75, 3.05) is 26.8 Å². The summed E-state index contributed by atoms with van der Waals surface area (Å²) < 4.78 is 10.3. The summed E-state index contributed by atoms with van der Waals surface area (Å²) in [5, 5.41) is 0. The van der Waals surface area contributed by atoms with Gasteiger partial charge in [-0.05, 0) is 26.7 Å². The summed E-state index contributed by atoms with van der Waals surface area (Å²) in [7, 11) is 1.44. The van der Waals surface area contributed by atoms with E-state index in [-0.39, 0.29) is 12.0 Å². The third-order valence-corrected chi connectivity index (χ3v) is 3.19. The van der Waals surface area contributed by atoms with Crippen LogP contribution in [-0.2, 0) is 14.3 Å². The molecule has 4 nitrogen and oxygen atoms in total. The molecule has 1 saturated heterocycles. The zero-order valence-corrected chi connectivity index (χ0v) is 10.6. The Morgan fingerprint density at radius 3 is 2.56 bits per heavy atom. The van der Waals surface area contributed by atoms with Crippen LogP contribution in [0.2, 0.25) is 0 Å². The fourth-order valence-corrected chi connectivity index (χ4v) is 2.17. The zero-order valence-electron chi connectivity index (χ0n) is 10.6. The van der Waals surface area contributed by atoms with Crippen molar-refractivity contribution >= 4 is 5.97 Å². The van der Waals surface area contributed by atoms with Gasteiger partial charge in [0.2, 0.25) is 0 Å². The van der Waals surface area contributed by atoms with Crippen LogP contribution in [0.1, 0.15) is 33.1 Å². The lowest BCUT2D eigenvalue weighted by molar-refractivity contribution is -0.142. The highest BCUT2D eigenvalue weighted by Gasteiger charge is 2.24. The summed E-state index contributed by atoms with van der Waals surface area (Å²) in [5.41, 5.74) is 0. The Hall–Kier alpha value is -0.610. The molecule has 1 atom stereocenters. The minimum atomic E-state index is -0.126. The van der Waals surface area contributed by atoms with Crippen molar-refractivity contribution in [1.82, 2.24) is 4.90 Å². The Kier molecular flexibility index (Phi) is 5.77. The fourth-order valence-electron chi connectivity index (χ4n) is 2.17. The molecule has 0 aromatic carbocycles. The molecular formula is C12H23NO3. The molecule has 1 aliphatic heterocycles. The number of carbonyl (C=O) groups is 1. The maximum absolute atomic E-state index is 11.2. The summed E-state index contributed by atoms with van der Waals surface area (Å²) in [6, 6.07) is 0.273. The molecule has 1 aliphatic rings. The quantitative estimate of drug-likeness (QED) is 0.669. The van der Waals surface area contributed by atoms with Gasteiger partial charge in [0.25, 0.3) is 0 Å². The van der Waals surface area contributed by atoms with E-state index in [0.29, 0.717) is 12.5 Å². The second kappa shape index (κ2) is 6.86. The lowest BCUT2D eigenvalue weighted by Gasteiger charge is -2.35. The van der Waals surface area contributed by atoms with Crippen molar-refractivity contribution in [1.29, 1.82) is 0 Å². The average molecular weight is 229 g/mol. The number of hydrogen-bond acceptors (Lipinski definition) is 4. The summed E-state index contributed by atoms with van der Waals surface area (Å²) >= 11 is 0. The van der Waals surface area contributed by atoms with Crippen LogP contribution in [0.4, 0.5) is 0 Å². The van der Waals surface area contributed by atoms with Crippen molar-refractivity contribution in [2.24, 2.45) is 0 Å². The molecule has 1 heterocycles. The number of methoxy groups -OCH3 is 1. The normalized spacial score (nSPS) is 20.7. The van der Waals surface area contributed by atoms with Crippen molar-refractivity contribution < 1.29 is 14.3 Å². The van der Waals surface area contributed by atoms with Crippen molar-refractivity contribution in [2.45, 2.75) is 45.3 Å². The molecule has 16 heavy (non-hydrogen) atoms. The summed E-state index contributed by atoms with van der Waals surface area (Å²) in [6.07, 6.45) is 3.03. The maximum Gasteiger partial charge on any atom is 0.307 e. The van der Waals surface area contributed by atoms with Gasteiger partial charge in [-0.25, -0.2) is 0 Å². The molecule has 0 saturated carbocycles. The number of ether oxygens (including phenoxy) is 2. The SMILES string of the molecule is CCOC1CCN(C(C)CC(=O)OC)CC1. The molecule has 0 spiro atoms. The van der Waals surface area contributed by atoms with Crippen LogP contribution in [-0.4, -0.2) is 49.8 Å². The largest absolute Gasteiger partial charge is 0.469 e. The predicted molar refractivity (Wildman–Crippen MR) is 62.3 cm³/mol. The van der Waals surface area contributed by atoms with Gasteiger partial charge in [0.15, 0.2) is 0 Å². The van der Waals surface area contributed by atoms with Crippen LogP contribution < -0.4 is 0 Å². The second-order valence-electron chi connectivity index (χ2n) is 4.32. The van der Waals surface area contributed by atoms with Gasteiger partial charge >= 0.3 is 5.97 Å². The van der Waals surface area contributed by atoms with Gasteiger partial charge in [0, 0.05) is 25.7 Å². The van der Waals surface area contributed by atoms with Crippen molar-refractivity contribution in [3.63, 3.8) is 0 Å². The summed E-state index contributed by atoms with van der Waals surface area (Å²) in [5.74, 6) is -0.126. The van der Waals surface area contributed by atoms with E-state index in [0.717, 1.165) is 32.5 Å². The van der Waals surface area contributed by atoms with Gasteiger partial charge in [-0.1, -0.05) is 0 Å². The molecule has 0 aromatic rings. The molecule has 4 heteroatoms. The molecular weight excluding hydrogens is 206 g/mol. The number of rotatable bonds is 5. The third kappa shape index (κ3) is 4.10. The zero-order chi connectivity index (χ0) is 12.0. The first-order valence-corrected chi connectivity index (χ1v) is 6.09. The molecule has 0 bridgehead atoms. The van der Waals surface area contributed by atoms with Crippen molar-refractivity contribution in [3.05, 3.63) is 0 Å². The topological polar surface area (TPSA) is 38.8 Å². The molecule has 1 rings (SSSR count). The van der Waals surface area contributed by atoms with Gasteiger partial charge in [-0.2, -0.15) is 0 Å². The van der Waals surface area contributed by atoms with Gasteiger partial charge in [-0.3, -0.25) is 9.69 Å². The number of hydrogen-bond donors (Lipinski definition) is 0. The predicted octanol–water partition coefficient (Wildman–Crippen LogP) is 1.44. The fraction of sp³-hybridized carbons (Fsp3) is 0.917. The Morgan fingerprint density at radius 2 is 2.06 bits per heavy atom. The molecule has 0 aliphatic carbocycles. The first-order chi connectivity index (χ1) is 7.67. The van der Waals surface area contributed by atoms with Crippen LogP contribution >= 0.6 is 0 Å². The molecule has 0 amide bonds. The first kappa shape index (κ1) is 13.5. The summed E-state index contributed by atoms with van der Waals surface area (Å²) in [4.78, 5) is 13.5. The van der Waals surface area contributed by atoms with E-state index in [1.54, 1.807) is 0 Å². The Bertz CT molecular complexity index is 212. The number of likely N-dealkylation sites (tertiary alicyclic amines) is 1. The highest BCUT2D eigenvalue weighted by Crippen LogP contribution is 2.17. The second-order valence-corrected chi connectivity index (χ2v) is 4.32. The van der Waals surface area contributed by atoms with Crippen LogP contribution in [0.15, 0.2) is 0 Å². The molecule has 1 unspecified atom stereocenters. The maximum atomic E-state index is 11.2. The van der Waals surface area contributed by atoms with E-state index < -0.39 is 0 Å². The monoisotopic (exact) mass is 229 g/mol. The molecule has 0 radical (unpaired) electrons. The molecule has 94 valence electrons. The highest BCUT2D eigenvalue weighted by molar-refractivity contribution is 5.69. The van der Waals surface area contributed by atoms with Gasteiger partial charge in [0.05, 0.1) is 19.6 Å². The van der Waals surface area contributed by atoms with E-state index in [1.807, 2.05) is 6.92 Å². The minimum absolute atomic E-state index is 0.126. The Labute approximate surface area is 97.9 Å².